The van der Waals surface area contributed by atoms with Crippen molar-refractivity contribution >= 4 is 52.9 Å². The number of nitrogens with two attached hydrogens (primary N) is 1. The van der Waals surface area contributed by atoms with Crippen molar-refractivity contribution in [3.05, 3.63) is 71.8 Å². The molecular weight excluding hydrogens is 907 g/mol. The van der Waals surface area contributed by atoms with E-state index in [2.05, 4.69) is 26.6 Å². The van der Waals surface area contributed by atoms with E-state index in [1.54, 1.807) is 31.2 Å². The highest BCUT2D eigenvalue weighted by molar-refractivity contribution is 6.38. The van der Waals surface area contributed by atoms with Crippen molar-refractivity contribution in [2.45, 2.75) is 179 Å². The molecule has 0 spiro atoms. The lowest BCUT2D eigenvalue weighted by atomic mass is 9.74. The highest BCUT2D eigenvalue weighted by Gasteiger charge is 2.46. The van der Waals surface area contributed by atoms with Gasteiger partial charge in [0.2, 0.25) is 41.2 Å². The molecule has 1 saturated heterocycles. The topological polar surface area (TPSA) is 252 Å². The number of carbonyl (C=O) groups excluding carboxylic acids is 9. The van der Waals surface area contributed by atoms with Crippen molar-refractivity contribution in [3.8, 4) is 0 Å². The number of likely N-dealkylation sites (tertiary alicyclic amines) is 1. The minimum Gasteiger partial charge on any atom is -0.372 e. The van der Waals surface area contributed by atoms with Crippen LogP contribution in [-0.4, -0.2) is 107 Å². The molecule has 17 nitrogen and oxygen atoms in total. The standard InChI is InChI=1S/C54H77N7O10/c1-4-7-29-42(49(55)65)59-51(67)43(30-8-5-2)57-45(62)32-56-53(69)48(64)41(20-6-3)58-52(68)44-31-38(71-34-35-21-12-9-13-22-35)33-61(44)54(70)46(36-23-14-10-15-24-36)60-50(66)40-28-19-18-27-39(40)47(63)37-25-16-11-17-26-37/h9,11-13,16-17,21-22,25-26,36,38-44,46H,4-8,10,14-15,18-20,23-24,27-34H2,1-3H3,(H2,55,65)(H,56,69)(H,57,62)(H,58,68)(H,59,67)(H,60,66). The minimum absolute atomic E-state index is 0.0303. The fourth-order valence-electron chi connectivity index (χ4n) is 10.2. The second kappa shape index (κ2) is 28.8. The molecule has 3 fully saturated rings. The number of carbonyl (C=O) groups is 9. The number of rotatable bonds is 27. The van der Waals surface area contributed by atoms with Gasteiger partial charge < -0.3 is 42.0 Å². The lowest BCUT2D eigenvalue weighted by molar-refractivity contribution is -0.145. The van der Waals surface area contributed by atoms with Gasteiger partial charge in [-0.15, -0.1) is 0 Å². The van der Waals surface area contributed by atoms with Crippen LogP contribution < -0.4 is 32.3 Å². The molecule has 2 saturated carbocycles. The summed E-state index contributed by atoms with van der Waals surface area (Å²) < 4.78 is 6.32. The van der Waals surface area contributed by atoms with Gasteiger partial charge in [-0.1, -0.05) is 146 Å². The third-order valence-electron chi connectivity index (χ3n) is 14.2. The van der Waals surface area contributed by atoms with Crippen LogP contribution in [0.15, 0.2) is 60.7 Å². The van der Waals surface area contributed by atoms with Gasteiger partial charge in [-0.05, 0) is 56.4 Å². The summed E-state index contributed by atoms with van der Waals surface area (Å²) >= 11 is 0. The Balaban J connectivity index is 1.31. The number of ketones is 2. The van der Waals surface area contributed by atoms with Gasteiger partial charge in [0, 0.05) is 30.4 Å². The average Bonchev–Trinajstić information content (AvgIpc) is 3.83. The number of nitrogens with one attached hydrogen (secondary N) is 5. The van der Waals surface area contributed by atoms with Crippen LogP contribution in [-0.2, 0) is 49.7 Å². The Bertz CT molecular complexity index is 2120. The fourth-order valence-corrected chi connectivity index (χ4v) is 10.2. The number of nitrogens with zero attached hydrogens (tertiary/aromatic N) is 1. The zero-order chi connectivity index (χ0) is 51.3. The average molecular weight is 984 g/mol. The van der Waals surface area contributed by atoms with Crippen LogP contribution in [0.4, 0.5) is 0 Å². The number of Topliss-reactive ketones (excluding diaryl/α,β-unsaturated/α-hetero) is 2. The van der Waals surface area contributed by atoms with E-state index in [0.717, 1.165) is 50.5 Å². The molecule has 71 heavy (non-hydrogen) atoms. The Morgan fingerprint density at radius 3 is 1.92 bits per heavy atom. The molecule has 2 aliphatic carbocycles. The van der Waals surface area contributed by atoms with E-state index in [1.165, 1.54) is 4.90 Å². The van der Waals surface area contributed by atoms with Gasteiger partial charge in [0.15, 0.2) is 5.78 Å². The molecule has 3 aliphatic rings. The molecule has 7 amide bonds. The minimum atomic E-state index is -1.31. The van der Waals surface area contributed by atoms with Gasteiger partial charge in [0.1, 0.15) is 24.2 Å². The second-order valence-corrected chi connectivity index (χ2v) is 19.5. The first kappa shape index (κ1) is 56.0. The van der Waals surface area contributed by atoms with E-state index >= 15 is 4.79 Å². The molecule has 2 aromatic rings. The predicted octanol–water partition coefficient (Wildman–Crippen LogP) is 4.73. The molecule has 8 unspecified atom stereocenters. The first-order valence-electron chi connectivity index (χ1n) is 26.1. The highest BCUT2D eigenvalue weighted by atomic mass is 16.5. The van der Waals surface area contributed by atoms with Crippen molar-refractivity contribution in [2.24, 2.45) is 23.5 Å². The van der Waals surface area contributed by atoms with Gasteiger partial charge in [0.25, 0.3) is 5.91 Å². The molecule has 2 aromatic carbocycles. The predicted molar refractivity (Wildman–Crippen MR) is 267 cm³/mol. The van der Waals surface area contributed by atoms with Crippen LogP contribution in [0.1, 0.15) is 152 Å². The quantitative estimate of drug-likeness (QED) is 0.0530. The van der Waals surface area contributed by atoms with Crippen LogP contribution in [0.2, 0.25) is 0 Å². The zero-order valence-electron chi connectivity index (χ0n) is 41.9. The Labute approximate surface area is 418 Å². The smallest absolute Gasteiger partial charge is 0.290 e. The summed E-state index contributed by atoms with van der Waals surface area (Å²) in [6.45, 7) is 5.23. The van der Waals surface area contributed by atoms with Crippen LogP contribution in [0, 0.1) is 17.8 Å². The Hall–Kier alpha value is -5.97. The summed E-state index contributed by atoms with van der Waals surface area (Å²) in [5.41, 5.74) is 6.95. The third kappa shape index (κ3) is 16.5. The van der Waals surface area contributed by atoms with Crippen LogP contribution in [0.5, 0.6) is 0 Å². The third-order valence-corrected chi connectivity index (χ3v) is 14.2. The van der Waals surface area contributed by atoms with Gasteiger partial charge >= 0.3 is 0 Å². The van der Waals surface area contributed by atoms with E-state index in [1.807, 2.05) is 50.2 Å². The van der Waals surface area contributed by atoms with Crippen LogP contribution in [0.25, 0.3) is 0 Å². The SMILES string of the molecule is CCCCC(NC(=O)C(CCCC)NC(=O)CNC(=O)C(=O)C(CCC)NC(=O)C1CC(OCc2ccccc2)CN1C(=O)C(NC(=O)C1CCCCC1C(=O)c1ccccc1)C1CCCCC1)C(N)=O. The molecule has 8 atom stereocenters. The Kier molecular flexibility index (Phi) is 22.7. The first-order valence-corrected chi connectivity index (χ1v) is 26.1. The number of hydrogen-bond acceptors (Lipinski definition) is 10. The maximum absolute atomic E-state index is 15.1. The Morgan fingerprint density at radius 2 is 1.28 bits per heavy atom. The molecule has 388 valence electrons. The normalized spacial score (nSPS) is 20.9. The van der Waals surface area contributed by atoms with Crippen molar-refractivity contribution in [1.29, 1.82) is 0 Å². The van der Waals surface area contributed by atoms with Crippen molar-refractivity contribution in [1.82, 2.24) is 31.5 Å². The number of unbranched alkanes of at least 4 members (excludes halogenated alkanes) is 2. The highest BCUT2D eigenvalue weighted by Crippen LogP contribution is 2.35. The molecule has 7 N–H and O–H groups in total. The number of ether oxygens (including phenoxy) is 1. The maximum atomic E-state index is 15.1. The Morgan fingerprint density at radius 1 is 0.662 bits per heavy atom. The second-order valence-electron chi connectivity index (χ2n) is 19.5. The largest absolute Gasteiger partial charge is 0.372 e. The summed E-state index contributed by atoms with van der Waals surface area (Å²) in [6.07, 6.45) is 10.0. The molecule has 1 aliphatic heterocycles. The first-order chi connectivity index (χ1) is 34.3. The molecular formula is C54H77N7O10. The van der Waals surface area contributed by atoms with Crippen LogP contribution in [0.3, 0.4) is 0 Å². The molecule has 17 heteroatoms. The summed E-state index contributed by atoms with van der Waals surface area (Å²) in [4.78, 5) is 125. The summed E-state index contributed by atoms with van der Waals surface area (Å²) in [5, 5.41) is 13.4. The molecule has 5 rings (SSSR count). The van der Waals surface area contributed by atoms with Gasteiger partial charge in [-0.25, -0.2) is 0 Å². The number of amides is 7. The van der Waals surface area contributed by atoms with Crippen molar-refractivity contribution < 1.29 is 47.9 Å². The maximum Gasteiger partial charge on any atom is 0.290 e. The summed E-state index contributed by atoms with van der Waals surface area (Å²) in [7, 11) is 0. The van der Waals surface area contributed by atoms with Crippen molar-refractivity contribution in [3.63, 3.8) is 0 Å². The summed E-state index contributed by atoms with van der Waals surface area (Å²) in [6, 6.07) is 13.1. The van der Waals surface area contributed by atoms with E-state index in [4.69, 9.17) is 10.5 Å². The zero-order valence-corrected chi connectivity index (χ0v) is 41.9. The fraction of sp³-hybridized carbons (Fsp3) is 0.611. The molecule has 1 heterocycles. The molecule has 0 bridgehead atoms. The molecule has 0 aromatic heterocycles. The number of hydrogen-bond donors (Lipinski definition) is 6. The van der Waals surface area contributed by atoms with E-state index in [0.29, 0.717) is 56.9 Å². The van der Waals surface area contributed by atoms with E-state index < -0.39 is 95.9 Å². The molecule has 0 radical (unpaired) electrons. The van der Waals surface area contributed by atoms with Crippen molar-refractivity contribution in [2.75, 3.05) is 13.1 Å². The van der Waals surface area contributed by atoms with E-state index in [9.17, 15) is 38.4 Å². The van der Waals surface area contributed by atoms with Gasteiger partial charge in [0.05, 0.1) is 25.3 Å². The monoisotopic (exact) mass is 984 g/mol. The lowest BCUT2D eigenvalue weighted by Crippen LogP contribution is -2.59. The van der Waals surface area contributed by atoms with Crippen LogP contribution >= 0.6 is 0 Å². The van der Waals surface area contributed by atoms with Gasteiger partial charge in [-0.2, -0.15) is 0 Å². The van der Waals surface area contributed by atoms with Gasteiger partial charge in [-0.3, -0.25) is 43.2 Å². The van der Waals surface area contributed by atoms with E-state index in [-0.39, 0.29) is 50.0 Å². The number of benzene rings is 2. The summed E-state index contributed by atoms with van der Waals surface area (Å²) in [5.74, 6) is -7.11. The lowest BCUT2D eigenvalue weighted by Gasteiger charge is -2.37. The number of primary amides is 1.